The third kappa shape index (κ3) is 5.73. The van der Waals surface area contributed by atoms with Gasteiger partial charge in [-0.15, -0.1) is 0 Å². The summed E-state index contributed by atoms with van der Waals surface area (Å²) < 4.78 is 5.11. The van der Waals surface area contributed by atoms with Gasteiger partial charge < -0.3 is 14.7 Å². The highest BCUT2D eigenvalue weighted by molar-refractivity contribution is 5.77. The Hall–Kier alpha value is -1.59. The highest BCUT2D eigenvalue weighted by Gasteiger charge is 2.21. The van der Waals surface area contributed by atoms with Gasteiger partial charge in [0.2, 0.25) is 0 Å². The second kappa shape index (κ2) is 9.37. The molecular formula is C16H26N2O3. The number of benzene rings is 1. The second-order valence-electron chi connectivity index (χ2n) is 4.76. The maximum Gasteiger partial charge on any atom is 0.327 e. The summed E-state index contributed by atoms with van der Waals surface area (Å²) in [6.45, 7) is 9.85. The SMILES string of the molecule is CCOC(=O)C(NCCN(CC)CC)c1cccc(O)c1. The van der Waals surface area contributed by atoms with Crippen molar-refractivity contribution < 1.29 is 14.6 Å². The molecule has 2 N–H and O–H groups in total. The minimum Gasteiger partial charge on any atom is -0.508 e. The number of carbonyl (C=O) groups excluding carboxylic acids is 1. The first-order valence-corrected chi connectivity index (χ1v) is 7.53. The molecule has 0 bridgehead atoms. The number of hydrogen-bond donors (Lipinski definition) is 2. The van der Waals surface area contributed by atoms with E-state index in [0.29, 0.717) is 18.7 Å². The van der Waals surface area contributed by atoms with Gasteiger partial charge in [-0.1, -0.05) is 26.0 Å². The largest absolute Gasteiger partial charge is 0.508 e. The zero-order valence-electron chi connectivity index (χ0n) is 13.1. The van der Waals surface area contributed by atoms with Gasteiger partial charge in [-0.25, -0.2) is 4.79 Å². The van der Waals surface area contributed by atoms with Crippen LogP contribution in [0.5, 0.6) is 5.75 Å². The molecule has 21 heavy (non-hydrogen) atoms. The minimum atomic E-state index is -0.549. The number of nitrogens with zero attached hydrogens (tertiary/aromatic N) is 1. The Kier molecular flexibility index (Phi) is 7.79. The van der Waals surface area contributed by atoms with E-state index in [9.17, 15) is 9.90 Å². The molecule has 0 spiro atoms. The predicted molar refractivity (Wildman–Crippen MR) is 83.3 cm³/mol. The number of hydrogen-bond acceptors (Lipinski definition) is 5. The van der Waals surface area contributed by atoms with E-state index < -0.39 is 6.04 Å². The molecule has 118 valence electrons. The molecule has 1 aromatic carbocycles. The molecule has 0 aliphatic heterocycles. The van der Waals surface area contributed by atoms with Gasteiger partial charge in [0, 0.05) is 13.1 Å². The van der Waals surface area contributed by atoms with Crippen LogP contribution in [0.4, 0.5) is 0 Å². The summed E-state index contributed by atoms with van der Waals surface area (Å²) in [6, 6.07) is 6.16. The van der Waals surface area contributed by atoms with Gasteiger partial charge in [-0.05, 0) is 37.7 Å². The van der Waals surface area contributed by atoms with Crippen LogP contribution >= 0.6 is 0 Å². The molecule has 0 aromatic heterocycles. The molecule has 1 unspecified atom stereocenters. The van der Waals surface area contributed by atoms with E-state index in [1.165, 1.54) is 0 Å². The molecule has 0 aliphatic carbocycles. The first kappa shape index (κ1) is 17.5. The number of phenols is 1. The number of likely N-dealkylation sites (N-methyl/N-ethyl adjacent to an activating group) is 1. The Morgan fingerprint density at radius 3 is 2.62 bits per heavy atom. The Balaban J connectivity index is 2.71. The van der Waals surface area contributed by atoms with Crippen LogP contribution in [0.25, 0.3) is 0 Å². The van der Waals surface area contributed by atoms with Gasteiger partial charge in [-0.2, -0.15) is 0 Å². The minimum absolute atomic E-state index is 0.146. The molecule has 1 aromatic rings. The highest BCUT2D eigenvalue weighted by Crippen LogP contribution is 2.19. The Morgan fingerprint density at radius 2 is 2.05 bits per heavy atom. The number of ether oxygens (including phenoxy) is 1. The molecule has 0 saturated heterocycles. The van der Waals surface area contributed by atoms with Crippen LogP contribution in [0.2, 0.25) is 0 Å². The summed E-state index contributed by atoms with van der Waals surface area (Å²) in [7, 11) is 0. The van der Waals surface area contributed by atoms with Crippen LogP contribution in [-0.4, -0.2) is 48.8 Å². The number of nitrogens with one attached hydrogen (secondary N) is 1. The fourth-order valence-electron chi connectivity index (χ4n) is 2.17. The van der Waals surface area contributed by atoms with Crippen molar-refractivity contribution in [2.75, 3.05) is 32.8 Å². The molecule has 0 fully saturated rings. The first-order chi connectivity index (χ1) is 10.1. The molecule has 0 saturated carbocycles. The molecule has 1 atom stereocenters. The summed E-state index contributed by atoms with van der Waals surface area (Å²) in [5.41, 5.74) is 0.716. The van der Waals surface area contributed by atoms with Crippen molar-refractivity contribution in [2.45, 2.75) is 26.8 Å². The van der Waals surface area contributed by atoms with Gasteiger partial charge in [0.1, 0.15) is 11.8 Å². The topological polar surface area (TPSA) is 61.8 Å². The van der Waals surface area contributed by atoms with Gasteiger partial charge in [0.05, 0.1) is 6.61 Å². The second-order valence-corrected chi connectivity index (χ2v) is 4.76. The van der Waals surface area contributed by atoms with E-state index in [-0.39, 0.29) is 11.7 Å². The maximum atomic E-state index is 12.1. The maximum absolute atomic E-state index is 12.1. The fraction of sp³-hybridized carbons (Fsp3) is 0.562. The van der Waals surface area contributed by atoms with E-state index in [1.807, 2.05) is 6.07 Å². The number of phenolic OH excluding ortho intramolecular Hbond substituents is 1. The fourth-order valence-corrected chi connectivity index (χ4v) is 2.17. The lowest BCUT2D eigenvalue weighted by Gasteiger charge is -2.22. The van der Waals surface area contributed by atoms with Gasteiger partial charge >= 0.3 is 5.97 Å². The van der Waals surface area contributed by atoms with Crippen molar-refractivity contribution in [3.05, 3.63) is 29.8 Å². The molecule has 0 radical (unpaired) electrons. The molecule has 0 aliphatic rings. The summed E-state index contributed by atoms with van der Waals surface area (Å²) in [6.07, 6.45) is 0. The first-order valence-electron chi connectivity index (χ1n) is 7.53. The van der Waals surface area contributed by atoms with Gasteiger partial charge in [0.25, 0.3) is 0 Å². The standard InChI is InChI=1S/C16H26N2O3/c1-4-18(5-2)11-10-17-15(16(20)21-6-3)13-8-7-9-14(19)12-13/h7-9,12,15,17,19H,4-6,10-11H2,1-3H3. The summed E-state index contributed by atoms with van der Waals surface area (Å²) in [5.74, 6) is -0.171. The van der Waals surface area contributed by atoms with Crippen molar-refractivity contribution in [2.24, 2.45) is 0 Å². The van der Waals surface area contributed by atoms with E-state index in [4.69, 9.17) is 4.74 Å². The zero-order valence-corrected chi connectivity index (χ0v) is 13.1. The highest BCUT2D eigenvalue weighted by atomic mass is 16.5. The summed E-state index contributed by atoms with van der Waals surface area (Å²) in [5, 5.41) is 12.8. The quantitative estimate of drug-likeness (QED) is 0.681. The van der Waals surface area contributed by atoms with Crippen LogP contribution in [-0.2, 0) is 9.53 Å². The molecule has 5 nitrogen and oxygen atoms in total. The van der Waals surface area contributed by atoms with Crippen molar-refractivity contribution in [3.63, 3.8) is 0 Å². The predicted octanol–water partition coefficient (Wildman–Crippen LogP) is 1.93. The smallest absolute Gasteiger partial charge is 0.327 e. The van der Waals surface area contributed by atoms with Crippen LogP contribution in [0.3, 0.4) is 0 Å². The van der Waals surface area contributed by atoms with E-state index in [0.717, 1.165) is 19.6 Å². The van der Waals surface area contributed by atoms with Crippen molar-refractivity contribution in [1.29, 1.82) is 0 Å². The lowest BCUT2D eigenvalue weighted by Crippen LogP contribution is -2.37. The molecule has 1 rings (SSSR count). The van der Waals surface area contributed by atoms with Crippen molar-refractivity contribution >= 4 is 5.97 Å². The van der Waals surface area contributed by atoms with Gasteiger partial charge in [-0.3, -0.25) is 5.32 Å². The lowest BCUT2D eigenvalue weighted by atomic mass is 10.1. The number of aromatic hydroxyl groups is 1. The third-order valence-electron chi connectivity index (χ3n) is 3.40. The normalized spacial score (nSPS) is 12.4. The Morgan fingerprint density at radius 1 is 1.33 bits per heavy atom. The van der Waals surface area contributed by atoms with E-state index in [1.54, 1.807) is 25.1 Å². The van der Waals surface area contributed by atoms with E-state index >= 15 is 0 Å². The average molecular weight is 294 g/mol. The van der Waals surface area contributed by atoms with Crippen molar-refractivity contribution in [3.8, 4) is 5.75 Å². The molecular weight excluding hydrogens is 268 g/mol. The van der Waals surface area contributed by atoms with Gasteiger partial charge in [0.15, 0.2) is 0 Å². The van der Waals surface area contributed by atoms with Crippen LogP contribution in [0.15, 0.2) is 24.3 Å². The number of carbonyl (C=O) groups is 1. The Bertz CT molecular complexity index is 433. The summed E-state index contributed by atoms with van der Waals surface area (Å²) >= 11 is 0. The lowest BCUT2D eigenvalue weighted by molar-refractivity contribution is -0.145. The molecule has 5 heteroatoms. The average Bonchev–Trinajstić information content (AvgIpc) is 2.47. The zero-order chi connectivity index (χ0) is 15.7. The van der Waals surface area contributed by atoms with Crippen LogP contribution < -0.4 is 5.32 Å². The van der Waals surface area contributed by atoms with Crippen LogP contribution in [0.1, 0.15) is 32.4 Å². The van der Waals surface area contributed by atoms with Crippen LogP contribution in [0, 0.1) is 0 Å². The molecule has 0 amide bonds. The summed E-state index contributed by atoms with van der Waals surface area (Å²) in [4.78, 5) is 14.4. The van der Waals surface area contributed by atoms with Crippen molar-refractivity contribution in [1.82, 2.24) is 10.2 Å². The number of esters is 1. The third-order valence-corrected chi connectivity index (χ3v) is 3.40. The number of rotatable bonds is 9. The monoisotopic (exact) mass is 294 g/mol. The molecule has 0 heterocycles. The Labute approximate surface area is 126 Å². The van der Waals surface area contributed by atoms with E-state index in [2.05, 4.69) is 24.1 Å².